The van der Waals surface area contributed by atoms with E-state index >= 15 is 0 Å². The maximum Gasteiger partial charge on any atom is 0.287 e. The van der Waals surface area contributed by atoms with Crippen molar-refractivity contribution in [1.82, 2.24) is 10.3 Å². The number of ether oxygens (including phenoxy) is 1. The van der Waals surface area contributed by atoms with Gasteiger partial charge in [0.2, 0.25) is 5.88 Å². The number of rotatable bonds is 5. The lowest BCUT2D eigenvalue weighted by molar-refractivity contribution is -0.385. The van der Waals surface area contributed by atoms with Crippen molar-refractivity contribution in [3.05, 3.63) is 92.1 Å². The van der Waals surface area contributed by atoms with Crippen molar-refractivity contribution in [2.45, 2.75) is 0 Å². The lowest BCUT2D eigenvalue weighted by Crippen LogP contribution is -2.54. The standard InChI is InChI=1S/C22H12Cl2N4O5S/c23-17-7-3-13(10-18(17)24)27-21(30)16(20(29)26-22(27)34)9-12-1-5-15(6-2-12)33-19-8-4-14(11-25-19)28(31)32/h1-11H,(H,26,29,34)/b16-9+. The number of nitrogens with zero attached hydrogens (tertiary/aromatic N) is 3. The number of thiocarbonyl (C=S) groups is 1. The molecule has 34 heavy (non-hydrogen) atoms. The molecule has 1 aliphatic heterocycles. The molecular weight excluding hydrogens is 503 g/mol. The van der Waals surface area contributed by atoms with E-state index in [1.807, 2.05) is 0 Å². The Balaban J connectivity index is 1.55. The molecule has 1 fully saturated rings. The zero-order valence-corrected chi connectivity index (χ0v) is 19.2. The van der Waals surface area contributed by atoms with Gasteiger partial charge in [0, 0.05) is 12.1 Å². The highest BCUT2D eigenvalue weighted by molar-refractivity contribution is 7.80. The van der Waals surface area contributed by atoms with Crippen LogP contribution in [-0.4, -0.2) is 26.8 Å². The van der Waals surface area contributed by atoms with E-state index in [4.69, 9.17) is 40.2 Å². The van der Waals surface area contributed by atoms with Crippen molar-refractivity contribution in [3.63, 3.8) is 0 Å². The van der Waals surface area contributed by atoms with Crippen molar-refractivity contribution in [2.75, 3.05) is 4.90 Å². The minimum atomic E-state index is -0.637. The van der Waals surface area contributed by atoms with Gasteiger partial charge in [0.15, 0.2) is 5.11 Å². The van der Waals surface area contributed by atoms with Gasteiger partial charge < -0.3 is 4.74 Å². The summed E-state index contributed by atoms with van der Waals surface area (Å²) in [6.07, 6.45) is 2.50. The van der Waals surface area contributed by atoms with Crippen molar-refractivity contribution in [2.24, 2.45) is 0 Å². The van der Waals surface area contributed by atoms with Gasteiger partial charge in [-0.05, 0) is 54.2 Å². The third-order valence-corrected chi connectivity index (χ3v) is 5.63. The highest BCUT2D eigenvalue weighted by atomic mass is 35.5. The molecule has 1 aromatic heterocycles. The van der Waals surface area contributed by atoms with Gasteiger partial charge >= 0.3 is 0 Å². The molecule has 170 valence electrons. The maximum atomic E-state index is 13.1. The van der Waals surface area contributed by atoms with Crippen LogP contribution in [0.15, 0.2) is 66.4 Å². The molecular formula is C22H12Cl2N4O5S. The van der Waals surface area contributed by atoms with Crippen LogP contribution in [0.1, 0.15) is 5.56 Å². The number of amides is 2. The first-order valence-electron chi connectivity index (χ1n) is 9.48. The van der Waals surface area contributed by atoms with E-state index in [2.05, 4.69) is 10.3 Å². The number of anilines is 1. The van der Waals surface area contributed by atoms with Crippen molar-refractivity contribution < 1.29 is 19.2 Å². The van der Waals surface area contributed by atoms with Gasteiger partial charge in [0.25, 0.3) is 17.5 Å². The number of benzene rings is 2. The topological polar surface area (TPSA) is 115 Å². The van der Waals surface area contributed by atoms with Crippen LogP contribution in [0, 0.1) is 10.1 Å². The van der Waals surface area contributed by atoms with Crippen LogP contribution in [0.5, 0.6) is 11.6 Å². The number of carbonyl (C=O) groups excluding carboxylic acids is 2. The minimum absolute atomic E-state index is 0.0788. The number of hydrogen-bond donors (Lipinski definition) is 1. The van der Waals surface area contributed by atoms with Crippen molar-refractivity contribution >= 4 is 69.8 Å². The Hall–Kier alpha value is -3.86. The van der Waals surface area contributed by atoms with Crippen molar-refractivity contribution in [3.8, 4) is 11.6 Å². The number of nitro groups is 1. The lowest BCUT2D eigenvalue weighted by atomic mass is 10.1. The molecule has 3 aromatic rings. The molecule has 2 amide bonds. The zero-order chi connectivity index (χ0) is 24.4. The van der Waals surface area contributed by atoms with E-state index in [-0.39, 0.29) is 27.3 Å². The largest absolute Gasteiger partial charge is 0.439 e. The average Bonchev–Trinajstić information content (AvgIpc) is 2.80. The van der Waals surface area contributed by atoms with Gasteiger partial charge in [-0.15, -0.1) is 0 Å². The first-order chi connectivity index (χ1) is 16.2. The molecule has 12 heteroatoms. The van der Waals surface area contributed by atoms with E-state index in [1.165, 1.54) is 30.3 Å². The van der Waals surface area contributed by atoms with Crippen LogP contribution in [0.3, 0.4) is 0 Å². The first kappa shape index (κ1) is 23.3. The Morgan fingerprint density at radius 1 is 1.06 bits per heavy atom. The number of pyridine rings is 1. The Morgan fingerprint density at radius 3 is 2.41 bits per heavy atom. The third kappa shape index (κ3) is 4.88. The van der Waals surface area contributed by atoms with E-state index in [9.17, 15) is 19.7 Å². The quantitative estimate of drug-likeness (QED) is 0.169. The SMILES string of the molecule is O=C1NC(=S)N(c2ccc(Cl)c(Cl)c2)C(=O)/C1=C/c1ccc(Oc2ccc([N+](=O)[O-])cn2)cc1. The zero-order valence-electron chi connectivity index (χ0n) is 16.9. The Kier molecular flexibility index (Phi) is 6.55. The molecule has 0 aliphatic carbocycles. The Labute approximate surface area is 207 Å². The number of aromatic nitrogens is 1. The number of nitrogens with one attached hydrogen (secondary N) is 1. The Bertz CT molecular complexity index is 1360. The summed E-state index contributed by atoms with van der Waals surface area (Å²) in [5, 5.41) is 13.7. The molecule has 2 aromatic carbocycles. The second kappa shape index (κ2) is 9.56. The van der Waals surface area contributed by atoms with Crippen LogP contribution >= 0.6 is 35.4 Å². The van der Waals surface area contributed by atoms with E-state index in [0.717, 1.165) is 11.1 Å². The summed E-state index contributed by atoms with van der Waals surface area (Å²) in [5.41, 5.74) is 0.614. The molecule has 0 atom stereocenters. The van der Waals surface area contributed by atoms with Gasteiger partial charge in [-0.25, -0.2) is 4.98 Å². The summed E-state index contributed by atoms with van der Waals surface area (Å²) in [6.45, 7) is 0. The normalized spacial score (nSPS) is 14.8. The molecule has 1 N–H and O–H groups in total. The van der Waals surface area contributed by atoms with Crippen LogP contribution < -0.4 is 15.0 Å². The van der Waals surface area contributed by atoms with E-state index in [1.54, 1.807) is 30.3 Å². The molecule has 0 bridgehead atoms. The van der Waals surface area contributed by atoms with Gasteiger partial charge in [-0.2, -0.15) is 0 Å². The van der Waals surface area contributed by atoms with E-state index in [0.29, 0.717) is 22.0 Å². The molecule has 0 radical (unpaired) electrons. The van der Waals surface area contributed by atoms with Crippen LogP contribution in [0.4, 0.5) is 11.4 Å². The van der Waals surface area contributed by atoms with Crippen LogP contribution in [0.2, 0.25) is 10.0 Å². The molecule has 0 saturated carbocycles. The fourth-order valence-electron chi connectivity index (χ4n) is 2.98. The molecule has 2 heterocycles. The third-order valence-electron chi connectivity index (χ3n) is 4.61. The van der Waals surface area contributed by atoms with E-state index < -0.39 is 16.7 Å². The smallest absolute Gasteiger partial charge is 0.287 e. The minimum Gasteiger partial charge on any atom is -0.439 e. The molecule has 1 saturated heterocycles. The summed E-state index contributed by atoms with van der Waals surface area (Å²) < 4.78 is 5.56. The second-order valence-electron chi connectivity index (χ2n) is 6.84. The predicted octanol–water partition coefficient (Wildman–Crippen LogP) is 4.92. The number of hydrogen-bond acceptors (Lipinski definition) is 7. The summed E-state index contributed by atoms with van der Waals surface area (Å²) in [6, 6.07) is 13.7. The van der Waals surface area contributed by atoms with Gasteiger partial charge in [0.1, 0.15) is 17.5 Å². The van der Waals surface area contributed by atoms with Crippen LogP contribution in [-0.2, 0) is 9.59 Å². The first-order valence-corrected chi connectivity index (χ1v) is 10.6. The molecule has 0 spiro atoms. The van der Waals surface area contributed by atoms with Gasteiger partial charge in [0.05, 0.1) is 20.7 Å². The monoisotopic (exact) mass is 514 g/mol. The summed E-state index contributed by atoms with van der Waals surface area (Å²) in [4.78, 5) is 40.7. The maximum absolute atomic E-state index is 13.1. The van der Waals surface area contributed by atoms with Gasteiger partial charge in [-0.1, -0.05) is 35.3 Å². The second-order valence-corrected chi connectivity index (χ2v) is 8.04. The fourth-order valence-corrected chi connectivity index (χ4v) is 3.55. The summed E-state index contributed by atoms with van der Waals surface area (Å²) >= 11 is 17.2. The molecule has 4 rings (SSSR count). The van der Waals surface area contributed by atoms with Crippen molar-refractivity contribution in [1.29, 1.82) is 0 Å². The van der Waals surface area contributed by atoms with Crippen LogP contribution in [0.25, 0.3) is 6.08 Å². The number of halogens is 2. The lowest BCUT2D eigenvalue weighted by Gasteiger charge is -2.29. The summed E-state index contributed by atoms with van der Waals surface area (Å²) in [7, 11) is 0. The highest BCUT2D eigenvalue weighted by Gasteiger charge is 2.34. The molecule has 9 nitrogen and oxygen atoms in total. The summed E-state index contributed by atoms with van der Waals surface area (Å²) in [5.74, 6) is -0.685. The average molecular weight is 515 g/mol. The highest BCUT2D eigenvalue weighted by Crippen LogP contribution is 2.30. The Morgan fingerprint density at radius 2 is 1.79 bits per heavy atom. The molecule has 0 unspecified atom stereocenters. The predicted molar refractivity (Wildman–Crippen MR) is 130 cm³/mol. The molecule has 1 aliphatic rings. The van der Waals surface area contributed by atoms with Gasteiger partial charge in [-0.3, -0.25) is 29.9 Å². The number of carbonyl (C=O) groups is 2. The fraction of sp³-hybridized carbons (Fsp3) is 0.